The van der Waals surface area contributed by atoms with E-state index in [-0.39, 0.29) is 16.5 Å². The normalized spacial score (nSPS) is 12.1. The lowest BCUT2D eigenvalue weighted by Crippen LogP contribution is -2.25. The second-order valence-corrected chi connectivity index (χ2v) is 9.08. The lowest BCUT2D eigenvalue weighted by Gasteiger charge is -2.16. The standard InChI is InChI=1S/C13H12BrF2NO3S2/c1-17(22(18,19)12-7-6-11(14)21-12)8-9-2-4-10(5-3-9)20-13(15)16/h2-7,13H,8H2,1H3. The van der Waals surface area contributed by atoms with Gasteiger partial charge in [-0.05, 0) is 45.8 Å². The van der Waals surface area contributed by atoms with Gasteiger partial charge in [0.1, 0.15) is 9.96 Å². The molecule has 0 radical (unpaired) electrons. The van der Waals surface area contributed by atoms with E-state index >= 15 is 0 Å². The van der Waals surface area contributed by atoms with Crippen LogP contribution in [0.5, 0.6) is 5.75 Å². The van der Waals surface area contributed by atoms with Crippen molar-refractivity contribution in [1.29, 1.82) is 0 Å². The minimum atomic E-state index is -3.57. The fraction of sp³-hybridized carbons (Fsp3) is 0.231. The molecule has 0 amide bonds. The first kappa shape index (κ1) is 17.3. The van der Waals surface area contributed by atoms with Crippen LogP contribution in [0.2, 0.25) is 0 Å². The summed E-state index contributed by atoms with van der Waals surface area (Å²) >= 11 is 4.36. The highest BCUT2D eigenvalue weighted by Gasteiger charge is 2.22. The van der Waals surface area contributed by atoms with E-state index in [2.05, 4.69) is 20.7 Å². The molecule has 0 N–H and O–H groups in total. The maximum atomic E-state index is 12.4. The van der Waals surface area contributed by atoms with Crippen LogP contribution in [0, 0.1) is 0 Å². The summed E-state index contributed by atoms with van der Waals surface area (Å²) in [5.74, 6) is 0.0337. The summed E-state index contributed by atoms with van der Waals surface area (Å²) in [4.78, 5) is 0. The van der Waals surface area contributed by atoms with Gasteiger partial charge >= 0.3 is 6.61 Å². The van der Waals surface area contributed by atoms with E-state index in [1.807, 2.05) is 0 Å². The van der Waals surface area contributed by atoms with Crippen LogP contribution in [-0.4, -0.2) is 26.4 Å². The van der Waals surface area contributed by atoms with E-state index < -0.39 is 16.6 Å². The molecule has 4 nitrogen and oxygen atoms in total. The van der Waals surface area contributed by atoms with E-state index in [0.29, 0.717) is 5.56 Å². The number of rotatable bonds is 6. The Morgan fingerprint density at radius 2 is 1.86 bits per heavy atom. The van der Waals surface area contributed by atoms with Gasteiger partial charge < -0.3 is 4.74 Å². The van der Waals surface area contributed by atoms with E-state index in [1.165, 1.54) is 29.6 Å². The Kier molecular flexibility index (Phi) is 5.54. The molecule has 0 saturated carbocycles. The average molecular weight is 412 g/mol. The molecule has 9 heteroatoms. The minimum absolute atomic E-state index is 0.0337. The first-order valence-corrected chi connectivity index (χ1v) is 9.09. The summed E-state index contributed by atoms with van der Waals surface area (Å²) < 4.78 is 55.2. The van der Waals surface area contributed by atoms with E-state index in [1.54, 1.807) is 18.2 Å². The molecule has 0 fully saturated rings. The third-order valence-corrected chi connectivity index (χ3v) is 6.66. The topological polar surface area (TPSA) is 46.6 Å². The zero-order valence-electron chi connectivity index (χ0n) is 11.4. The molecule has 0 atom stereocenters. The van der Waals surface area contributed by atoms with Crippen molar-refractivity contribution in [3.05, 3.63) is 45.7 Å². The maximum Gasteiger partial charge on any atom is 0.387 e. The Morgan fingerprint density at radius 1 is 1.23 bits per heavy atom. The summed E-state index contributed by atoms with van der Waals surface area (Å²) in [6.45, 7) is -2.75. The predicted octanol–water partition coefficient (Wildman–Crippen LogP) is 3.93. The van der Waals surface area contributed by atoms with E-state index in [0.717, 1.165) is 15.1 Å². The Hall–Kier alpha value is -1.03. The van der Waals surface area contributed by atoms with Gasteiger partial charge in [0.15, 0.2) is 0 Å². The van der Waals surface area contributed by atoms with Gasteiger partial charge in [-0.25, -0.2) is 8.42 Å². The van der Waals surface area contributed by atoms with Crippen LogP contribution in [0.25, 0.3) is 0 Å². The number of alkyl halides is 2. The van der Waals surface area contributed by atoms with Gasteiger partial charge in [0, 0.05) is 13.6 Å². The van der Waals surface area contributed by atoms with Gasteiger partial charge in [0.25, 0.3) is 10.0 Å². The fourth-order valence-electron chi connectivity index (χ4n) is 1.71. The molecule has 0 aliphatic heterocycles. The minimum Gasteiger partial charge on any atom is -0.435 e. The number of halogens is 3. The summed E-state index contributed by atoms with van der Waals surface area (Å²) in [6.07, 6.45) is 0. The molecule has 0 bridgehead atoms. The van der Waals surface area contributed by atoms with Crippen molar-refractivity contribution in [2.75, 3.05) is 7.05 Å². The van der Waals surface area contributed by atoms with Gasteiger partial charge in [-0.2, -0.15) is 13.1 Å². The Morgan fingerprint density at radius 3 is 2.36 bits per heavy atom. The monoisotopic (exact) mass is 411 g/mol. The van der Waals surface area contributed by atoms with Crippen LogP contribution in [0.1, 0.15) is 5.56 Å². The molecule has 0 saturated heterocycles. The highest BCUT2D eigenvalue weighted by Crippen LogP contribution is 2.28. The number of sulfonamides is 1. The van der Waals surface area contributed by atoms with Crippen LogP contribution >= 0.6 is 27.3 Å². The SMILES string of the molecule is CN(Cc1ccc(OC(F)F)cc1)S(=O)(=O)c1ccc(Br)s1. The van der Waals surface area contributed by atoms with Crippen molar-refractivity contribution in [2.45, 2.75) is 17.4 Å². The van der Waals surface area contributed by atoms with Crippen molar-refractivity contribution in [3.8, 4) is 5.75 Å². The summed E-state index contributed by atoms with van der Waals surface area (Å²) in [5.41, 5.74) is 0.670. The summed E-state index contributed by atoms with van der Waals surface area (Å²) in [7, 11) is -2.11. The van der Waals surface area contributed by atoms with Crippen molar-refractivity contribution in [1.82, 2.24) is 4.31 Å². The molecule has 1 heterocycles. The van der Waals surface area contributed by atoms with Gasteiger partial charge in [-0.3, -0.25) is 0 Å². The van der Waals surface area contributed by atoms with E-state index in [9.17, 15) is 17.2 Å². The molecule has 22 heavy (non-hydrogen) atoms. The molecule has 120 valence electrons. The van der Waals surface area contributed by atoms with Crippen molar-refractivity contribution >= 4 is 37.3 Å². The molecule has 0 unspecified atom stereocenters. The van der Waals surface area contributed by atoms with Crippen molar-refractivity contribution < 1.29 is 21.9 Å². The fourth-order valence-corrected chi connectivity index (χ4v) is 5.09. The molecule has 1 aromatic heterocycles. The second-order valence-electron chi connectivity index (χ2n) is 4.34. The van der Waals surface area contributed by atoms with Crippen LogP contribution < -0.4 is 4.74 Å². The lowest BCUT2D eigenvalue weighted by atomic mass is 10.2. The third kappa shape index (κ3) is 4.25. The van der Waals surface area contributed by atoms with Crippen molar-refractivity contribution in [2.24, 2.45) is 0 Å². The number of hydrogen-bond donors (Lipinski definition) is 0. The van der Waals surface area contributed by atoms with Gasteiger partial charge in [-0.15, -0.1) is 11.3 Å². The molecule has 2 rings (SSSR count). The molecule has 0 aliphatic rings. The number of ether oxygens (including phenoxy) is 1. The molecule has 2 aromatic rings. The zero-order valence-corrected chi connectivity index (χ0v) is 14.6. The maximum absolute atomic E-state index is 12.4. The number of benzene rings is 1. The Bertz CT molecular complexity index is 732. The quantitative estimate of drug-likeness (QED) is 0.723. The highest BCUT2D eigenvalue weighted by molar-refractivity contribution is 9.11. The zero-order chi connectivity index (χ0) is 16.3. The molecule has 1 aromatic carbocycles. The number of hydrogen-bond acceptors (Lipinski definition) is 4. The van der Waals surface area contributed by atoms with E-state index in [4.69, 9.17) is 0 Å². The first-order chi connectivity index (χ1) is 10.3. The smallest absolute Gasteiger partial charge is 0.387 e. The third-order valence-electron chi connectivity index (χ3n) is 2.77. The van der Waals surface area contributed by atoms with Crippen molar-refractivity contribution in [3.63, 3.8) is 0 Å². The molecular weight excluding hydrogens is 400 g/mol. The number of nitrogens with zero attached hydrogens (tertiary/aromatic N) is 1. The van der Waals surface area contributed by atoms with Gasteiger partial charge in [-0.1, -0.05) is 12.1 Å². The Balaban J connectivity index is 2.09. The Labute approximate surface area is 139 Å². The predicted molar refractivity (Wildman–Crippen MR) is 83.7 cm³/mol. The molecule has 0 aliphatic carbocycles. The molecule has 0 spiro atoms. The van der Waals surface area contributed by atoms with Gasteiger partial charge in [0.2, 0.25) is 0 Å². The average Bonchev–Trinajstić information content (AvgIpc) is 2.87. The summed E-state index contributed by atoms with van der Waals surface area (Å²) in [6, 6.07) is 9.05. The highest BCUT2D eigenvalue weighted by atomic mass is 79.9. The van der Waals surface area contributed by atoms with Crippen LogP contribution in [0.3, 0.4) is 0 Å². The number of thiophene rings is 1. The van der Waals surface area contributed by atoms with Gasteiger partial charge in [0.05, 0.1) is 3.79 Å². The van der Waals surface area contributed by atoms with Crippen LogP contribution in [0.4, 0.5) is 8.78 Å². The molecular formula is C13H12BrF2NO3S2. The second kappa shape index (κ2) is 7.03. The van der Waals surface area contributed by atoms with Crippen LogP contribution in [0.15, 0.2) is 44.4 Å². The summed E-state index contributed by atoms with van der Waals surface area (Å²) in [5, 5.41) is 0. The first-order valence-electron chi connectivity index (χ1n) is 6.04. The van der Waals surface area contributed by atoms with Crippen LogP contribution in [-0.2, 0) is 16.6 Å². The largest absolute Gasteiger partial charge is 0.435 e. The lowest BCUT2D eigenvalue weighted by molar-refractivity contribution is -0.0498.